The molecule has 31 heavy (non-hydrogen) atoms. The van der Waals surface area contributed by atoms with Crippen LogP contribution < -0.4 is 5.14 Å². The van der Waals surface area contributed by atoms with E-state index in [0.717, 1.165) is 0 Å². The van der Waals surface area contributed by atoms with Crippen LogP contribution in [0.1, 0.15) is 0 Å². The number of halogens is 1. The van der Waals surface area contributed by atoms with E-state index in [1.807, 2.05) is 0 Å². The Morgan fingerprint density at radius 2 is 1.61 bits per heavy atom. The lowest BCUT2D eigenvalue weighted by Crippen LogP contribution is -2.16. The molecule has 0 fully saturated rings. The molecule has 0 atom stereocenters. The zero-order valence-electron chi connectivity index (χ0n) is 15.8. The Morgan fingerprint density at radius 3 is 2.29 bits per heavy atom. The Bertz CT molecular complexity index is 1400. The number of nitrogens with zero attached hydrogens (tertiary/aromatic N) is 3. The molecular weight excluding hydrogens is 440 g/mol. The molecule has 4 aromatic rings. The van der Waals surface area contributed by atoms with Gasteiger partial charge in [0.2, 0.25) is 10.0 Å². The van der Waals surface area contributed by atoms with Crippen LogP contribution in [0.25, 0.3) is 28.2 Å². The van der Waals surface area contributed by atoms with Crippen molar-refractivity contribution in [3.8, 4) is 28.2 Å². The number of primary sulfonamides is 1. The second-order valence-corrected chi connectivity index (χ2v) is 8.59. The standard InChI is InChI=1S/C21H15ClN4O4S/c22-15-11-9-14(10-12-15)17-13-20(16-5-1-2-6-18(16)26(27)28)25(24-17)19-7-3-4-8-21(19)31(23,29)30/h1-13H,(H2,23,29,30). The number of aromatic nitrogens is 2. The molecule has 0 spiro atoms. The van der Waals surface area contributed by atoms with Gasteiger partial charge in [-0.3, -0.25) is 10.1 Å². The van der Waals surface area contributed by atoms with Crippen molar-refractivity contribution in [1.82, 2.24) is 9.78 Å². The predicted molar refractivity (Wildman–Crippen MR) is 117 cm³/mol. The van der Waals surface area contributed by atoms with Crippen LogP contribution in [0.2, 0.25) is 5.02 Å². The summed E-state index contributed by atoms with van der Waals surface area (Å²) in [6.07, 6.45) is 0. The van der Waals surface area contributed by atoms with E-state index in [1.54, 1.807) is 54.6 Å². The van der Waals surface area contributed by atoms with Gasteiger partial charge in [0.05, 0.1) is 27.6 Å². The maximum absolute atomic E-state index is 12.2. The fraction of sp³-hybridized carbons (Fsp3) is 0. The molecule has 0 radical (unpaired) electrons. The molecule has 0 saturated carbocycles. The van der Waals surface area contributed by atoms with Crippen LogP contribution in [0.5, 0.6) is 0 Å². The molecule has 0 saturated heterocycles. The summed E-state index contributed by atoms with van der Waals surface area (Å²) in [5.74, 6) is 0. The first-order chi connectivity index (χ1) is 14.8. The third kappa shape index (κ3) is 4.06. The van der Waals surface area contributed by atoms with Crippen molar-refractivity contribution in [3.05, 3.63) is 94.0 Å². The Morgan fingerprint density at radius 1 is 0.968 bits per heavy atom. The number of para-hydroxylation sites is 2. The topological polar surface area (TPSA) is 121 Å². The monoisotopic (exact) mass is 454 g/mol. The molecule has 2 N–H and O–H groups in total. The number of hydrogen-bond acceptors (Lipinski definition) is 5. The predicted octanol–water partition coefficient (Wildman–Crippen LogP) is 4.42. The average molecular weight is 455 g/mol. The Labute approximate surface area is 182 Å². The molecule has 0 aliphatic rings. The molecule has 10 heteroatoms. The summed E-state index contributed by atoms with van der Waals surface area (Å²) in [5.41, 5.74) is 1.85. The maximum Gasteiger partial charge on any atom is 0.278 e. The maximum atomic E-state index is 12.2. The van der Waals surface area contributed by atoms with Gasteiger partial charge >= 0.3 is 0 Å². The highest BCUT2D eigenvalue weighted by Crippen LogP contribution is 2.35. The normalized spacial score (nSPS) is 11.4. The van der Waals surface area contributed by atoms with Crippen molar-refractivity contribution in [2.45, 2.75) is 4.90 Å². The third-order valence-corrected chi connectivity index (χ3v) is 5.84. The summed E-state index contributed by atoms with van der Waals surface area (Å²) in [6.45, 7) is 0. The minimum atomic E-state index is -4.08. The highest BCUT2D eigenvalue weighted by molar-refractivity contribution is 7.89. The second kappa shape index (κ2) is 7.95. The zero-order valence-corrected chi connectivity index (χ0v) is 17.4. The third-order valence-electron chi connectivity index (χ3n) is 4.63. The van der Waals surface area contributed by atoms with E-state index in [-0.39, 0.29) is 21.8 Å². The Balaban J connectivity index is 2.04. The summed E-state index contributed by atoms with van der Waals surface area (Å²) < 4.78 is 25.7. The Kier molecular flexibility index (Phi) is 5.32. The first-order valence-electron chi connectivity index (χ1n) is 8.98. The van der Waals surface area contributed by atoms with Crippen molar-refractivity contribution in [3.63, 3.8) is 0 Å². The SMILES string of the molecule is NS(=O)(=O)c1ccccc1-n1nc(-c2ccc(Cl)cc2)cc1-c1ccccc1[N+](=O)[O-]. The van der Waals surface area contributed by atoms with Gasteiger partial charge in [-0.1, -0.05) is 48.0 Å². The molecule has 1 heterocycles. The van der Waals surface area contributed by atoms with Crippen LogP contribution in [-0.2, 0) is 10.0 Å². The van der Waals surface area contributed by atoms with Gasteiger partial charge in [0.1, 0.15) is 4.90 Å². The molecule has 0 aliphatic carbocycles. The van der Waals surface area contributed by atoms with E-state index in [1.165, 1.54) is 28.9 Å². The minimum absolute atomic E-state index is 0.139. The molecule has 0 amide bonds. The molecule has 3 aromatic carbocycles. The van der Waals surface area contributed by atoms with Crippen LogP contribution in [-0.4, -0.2) is 23.1 Å². The first kappa shape index (κ1) is 20.7. The zero-order chi connectivity index (χ0) is 22.2. The minimum Gasteiger partial charge on any atom is -0.258 e. The quantitative estimate of drug-likeness (QED) is 0.353. The number of sulfonamides is 1. The summed E-state index contributed by atoms with van der Waals surface area (Å²) >= 11 is 5.97. The van der Waals surface area contributed by atoms with Crippen molar-refractivity contribution < 1.29 is 13.3 Å². The molecule has 156 valence electrons. The molecule has 0 aliphatic heterocycles. The molecule has 0 bridgehead atoms. The van der Waals surface area contributed by atoms with Crippen molar-refractivity contribution >= 4 is 27.3 Å². The summed E-state index contributed by atoms with van der Waals surface area (Å²) in [6, 6.07) is 20.8. The van der Waals surface area contributed by atoms with Gasteiger partial charge in [0, 0.05) is 16.7 Å². The molecule has 8 nitrogen and oxygen atoms in total. The number of nitrogens with two attached hydrogens (primary N) is 1. The van der Waals surface area contributed by atoms with Gasteiger partial charge in [-0.15, -0.1) is 0 Å². The van der Waals surface area contributed by atoms with Crippen LogP contribution in [0, 0.1) is 10.1 Å². The van der Waals surface area contributed by atoms with Crippen LogP contribution in [0.15, 0.2) is 83.8 Å². The van der Waals surface area contributed by atoms with Crippen molar-refractivity contribution in [2.75, 3.05) is 0 Å². The average Bonchev–Trinajstić information content (AvgIpc) is 3.19. The van der Waals surface area contributed by atoms with E-state index >= 15 is 0 Å². The molecule has 0 unspecified atom stereocenters. The summed E-state index contributed by atoms with van der Waals surface area (Å²) in [4.78, 5) is 11.0. The smallest absolute Gasteiger partial charge is 0.258 e. The van der Waals surface area contributed by atoms with E-state index in [9.17, 15) is 18.5 Å². The van der Waals surface area contributed by atoms with Crippen LogP contribution in [0.3, 0.4) is 0 Å². The van der Waals surface area contributed by atoms with Crippen LogP contribution in [0.4, 0.5) is 5.69 Å². The van der Waals surface area contributed by atoms with Gasteiger partial charge in [0.25, 0.3) is 5.69 Å². The van der Waals surface area contributed by atoms with E-state index in [2.05, 4.69) is 5.10 Å². The lowest BCUT2D eigenvalue weighted by molar-refractivity contribution is -0.384. The van der Waals surface area contributed by atoms with Gasteiger partial charge in [0.15, 0.2) is 0 Å². The number of hydrogen-bond donors (Lipinski definition) is 1. The van der Waals surface area contributed by atoms with Crippen LogP contribution >= 0.6 is 11.6 Å². The molecule has 1 aromatic heterocycles. The van der Waals surface area contributed by atoms with E-state index < -0.39 is 14.9 Å². The van der Waals surface area contributed by atoms with Gasteiger partial charge in [-0.2, -0.15) is 5.10 Å². The van der Waals surface area contributed by atoms with Gasteiger partial charge < -0.3 is 0 Å². The lowest BCUT2D eigenvalue weighted by atomic mass is 10.1. The number of rotatable bonds is 5. The number of benzene rings is 3. The van der Waals surface area contributed by atoms with E-state index in [0.29, 0.717) is 22.0 Å². The number of nitro benzene ring substituents is 1. The van der Waals surface area contributed by atoms with E-state index in [4.69, 9.17) is 16.7 Å². The highest BCUT2D eigenvalue weighted by atomic mass is 35.5. The highest BCUT2D eigenvalue weighted by Gasteiger charge is 2.24. The second-order valence-electron chi connectivity index (χ2n) is 6.62. The van der Waals surface area contributed by atoms with Gasteiger partial charge in [-0.25, -0.2) is 18.2 Å². The lowest BCUT2D eigenvalue weighted by Gasteiger charge is -2.11. The van der Waals surface area contributed by atoms with Crippen molar-refractivity contribution in [2.24, 2.45) is 5.14 Å². The largest absolute Gasteiger partial charge is 0.278 e. The first-order valence-corrected chi connectivity index (χ1v) is 10.9. The fourth-order valence-corrected chi connectivity index (χ4v) is 4.08. The van der Waals surface area contributed by atoms with Gasteiger partial charge in [-0.05, 0) is 36.4 Å². The molecular formula is C21H15ClN4O4S. The summed E-state index contributed by atoms with van der Waals surface area (Å²) in [7, 11) is -4.08. The molecule has 4 rings (SSSR count). The van der Waals surface area contributed by atoms with Crippen molar-refractivity contribution in [1.29, 1.82) is 0 Å². The Hall–Kier alpha value is -3.53. The summed E-state index contributed by atoms with van der Waals surface area (Å²) in [5, 5.41) is 22.1. The fourth-order valence-electron chi connectivity index (χ4n) is 3.24. The number of nitro groups is 1.